The van der Waals surface area contributed by atoms with Crippen LogP contribution in [0.1, 0.15) is 41.5 Å². The van der Waals surface area contributed by atoms with Gasteiger partial charge in [-0.05, 0) is 52.7 Å². The SMILES string of the molecule is C=C1C(=O)OC2C1C(O)C(OC(=O)C(C)=CC)C(C)=C1C(OC(=O)C(C)=CC)C3OC3(C)C12. The molecule has 0 aromatic heterocycles. The lowest BCUT2D eigenvalue weighted by molar-refractivity contribution is -0.151. The summed E-state index contributed by atoms with van der Waals surface area (Å²) in [4.78, 5) is 37.7. The van der Waals surface area contributed by atoms with E-state index in [1.807, 2.05) is 6.92 Å². The Morgan fingerprint density at radius 2 is 1.64 bits per heavy atom. The zero-order chi connectivity index (χ0) is 24.4. The normalized spacial score (nSPS) is 39.9. The molecule has 0 bridgehead atoms. The number of fused-ring (bicyclic) bond motifs is 5. The third kappa shape index (κ3) is 3.38. The van der Waals surface area contributed by atoms with Gasteiger partial charge in [-0.15, -0.1) is 0 Å². The van der Waals surface area contributed by atoms with Crippen molar-refractivity contribution >= 4 is 17.9 Å². The van der Waals surface area contributed by atoms with Crippen LogP contribution in [0.25, 0.3) is 0 Å². The Bertz CT molecular complexity index is 1030. The van der Waals surface area contributed by atoms with Crippen molar-refractivity contribution < 1.29 is 38.4 Å². The molecule has 4 rings (SSSR count). The molecule has 8 unspecified atom stereocenters. The van der Waals surface area contributed by atoms with E-state index >= 15 is 0 Å². The van der Waals surface area contributed by atoms with Crippen molar-refractivity contribution in [2.45, 2.75) is 77.7 Å². The summed E-state index contributed by atoms with van der Waals surface area (Å²) in [6.07, 6.45) is -1.04. The van der Waals surface area contributed by atoms with E-state index in [-0.39, 0.29) is 5.57 Å². The summed E-state index contributed by atoms with van der Waals surface area (Å²) >= 11 is 0. The number of aliphatic hydroxyl groups is 1. The molecule has 0 amide bonds. The molecule has 0 aromatic carbocycles. The zero-order valence-corrected chi connectivity index (χ0v) is 19.7. The number of rotatable bonds is 4. The van der Waals surface area contributed by atoms with E-state index in [2.05, 4.69) is 6.58 Å². The highest BCUT2D eigenvalue weighted by Crippen LogP contribution is 2.63. The summed E-state index contributed by atoms with van der Waals surface area (Å²) in [5.74, 6) is -2.97. The standard InChI is InChI=1S/C25H30O8/c1-8-10(3)22(27)30-18-12(5)14-16(19-15(17(18)26)13(6)24(29)31-19)25(7)21(33-25)20(14)32-23(28)11(4)9-2/h8-9,15-21,26H,6H2,1-5,7H3. The predicted molar refractivity (Wildman–Crippen MR) is 117 cm³/mol. The van der Waals surface area contributed by atoms with Crippen molar-refractivity contribution in [2.75, 3.05) is 0 Å². The fraction of sp³-hybridized carbons (Fsp3) is 0.560. The van der Waals surface area contributed by atoms with Gasteiger partial charge in [0.1, 0.15) is 30.0 Å². The van der Waals surface area contributed by atoms with E-state index in [4.69, 9.17) is 18.9 Å². The molecule has 4 aliphatic rings. The Labute approximate surface area is 192 Å². The van der Waals surface area contributed by atoms with Crippen LogP contribution < -0.4 is 0 Å². The van der Waals surface area contributed by atoms with Gasteiger partial charge in [-0.25, -0.2) is 14.4 Å². The van der Waals surface area contributed by atoms with E-state index in [0.29, 0.717) is 22.3 Å². The molecule has 2 aliphatic carbocycles. The summed E-state index contributed by atoms with van der Waals surface area (Å²) in [6.45, 7) is 14.2. The highest BCUT2D eigenvalue weighted by Gasteiger charge is 2.75. The number of epoxide rings is 1. The molecule has 8 nitrogen and oxygen atoms in total. The minimum absolute atomic E-state index is 0.122. The molecule has 2 aliphatic heterocycles. The third-order valence-electron chi connectivity index (χ3n) is 7.55. The molecular weight excluding hydrogens is 428 g/mol. The molecule has 3 fully saturated rings. The Kier molecular flexibility index (Phi) is 5.65. The number of carbonyl (C=O) groups is 3. The molecule has 8 heteroatoms. The highest BCUT2D eigenvalue weighted by atomic mass is 16.7. The quantitative estimate of drug-likeness (QED) is 0.225. The highest BCUT2D eigenvalue weighted by molar-refractivity contribution is 5.92. The van der Waals surface area contributed by atoms with Crippen LogP contribution in [-0.2, 0) is 33.3 Å². The average molecular weight is 459 g/mol. The summed E-state index contributed by atoms with van der Waals surface area (Å²) in [6, 6.07) is 0. The molecule has 0 aromatic rings. The third-order valence-corrected chi connectivity index (χ3v) is 7.55. The summed E-state index contributed by atoms with van der Waals surface area (Å²) in [5, 5.41) is 11.3. The fourth-order valence-corrected chi connectivity index (χ4v) is 5.30. The number of hydrogen-bond donors (Lipinski definition) is 1. The Balaban J connectivity index is 1.83. The summed E-state index contributed by atoms with van der Waals surface area (Å²) in [7, 11) is 0. The maximum absolute atomic E-state index is 12.6. The van der Waals surface area contributed by atoms with Crippen LogP contribution >= 0.6 is 0 Å². The first-order chi connectivity index (χ1) is 15.5. The zero-order valence-electron chi connectivity index (χ0n) is 19.7. The lowest BCUT2D eigenvalue weighted by Gasteiger charge is -2.29. The number of allylic oxidation sites excluding steroid dienone is 2. The van der Waals surface area contributed by atoms with Gasteiger partial charge in [0.15, 0.2) is 6.10 Å². The number of ether oxygens (including phenoxy) is 4. The van der Waals surface area contributed by atoms with Crippen molar-refractivity contribution in [1.82, 2.24) is 0 Å². The first kappa shape index (κ1) is 23.4. The number of esters is 3. The molecular formula is C25H30O8. The Morgan fingerprint density at radius 3 is 2.18 bits per heavy atom. The maximum Gasteiger partial charge on any atom is 0.334 e. The van der Waals surface area contributed by atoms with Gasteiger partial charge in [0.2, 0.25) is 0 Å². The van der Waals surface area contributed by atoms with Crippen LogP contribution in [0.3, 0.4) is 0 Å². The lowest BCUT2D eigenvalue weighted by Crippen LogP contribution is -2.43. The van der Waals surface area contributed by atoms with Crippen LogP contribution in [0.15, 0.2) is 46.6 Å². The fourth-order valence-electron chi connectivity index (χ4n) is 5.30. The number of hydrogen-bond acceptors (Lipinski definition) is 8. The predicted octanol–water partition coefficient (Wildman–Crippen LogP) is 2.32. The van der Waals surface area contributed by atoms with Gasteiger partial charge in [0, 0.05) is 16.7 Å². The van der Waals surface area contributed by atoms with Crippen molar-refractivity contribution in [3.8, 4) is 0 Å². The Hall–Kier alpha value is -2.71. The molecule has 0 spiro atoms. The lowest BCUT2D eigenvalue weighted by atomic mass is 9.80. The molecule has 33 heavy (non-hydrogen) atoms. The Morgan fingerprint density at radius 1 is 1.09 bits per heavy atom. The van der Waals surface area contributed by atoms with Gasteiger partial charge < -0.3 is 24.1 Å². The largest absolute Gasteiger partial charge is 0.457 e. The van der Waals surface area contributed by atoms with E-state index in [9.17, 15) is 19.5 Å². The summed E-state index contributed by atoms with van der Waals surface area (Å²) in [5.41, 5.74) is 1.42. The molecule has 178 valence electrons. The maximum atomic E-state index is 12.6. The molecule has 2 saturated heterocycles. The van der Waals surface area contributed by atoms with Crippen LogP contribution in [0, 0.1) is 11.8 Å². The second kappa shape index (κ2) is 7.95. The molecule has 2 heterocycles. The number of aliphatic hydroxyl groups excluding tert-OH is 1. The van der Waals surface area contributed by atoms with Crippen molar-refractivity contribution in [1.29, 1.82) is 0 Å². The molecule has 8 atom stereocenters. The topological polar surface area (TPSA) is 112 Å². The molecule has 1 N–H and O–H groups in total. The van der Waals surface area contributed by atoms with Crippen LogP contribution in [0.5, 0.6) is 0 Å². The van der Waals surface area contributed by atoms with Gasteiger partial charge in [-0.1, -0.05) is 18.7 Å². The van der Waals surface area contributed by atoms with Gasteiger partial charge >= 0.3 is 17.9 Å². The smallest absolute Gasteiger partial charge is 0.334 e. The van der Waals surface area contributed by atoms with Crippen molar-refractivity contribution in [2.24, 2.45) is 11.8 Å². The minimum Gasteiger partial charge on any atom is -0.457 e. The molecule has 1 saturated carbocycles. The van der Waals surface area contributed by atoms with E-state index < -0.39 is 65.9 Å². The van der Waals surface area contributed by atoms with Crippen LogP contribution in [-0.4, -0.2) is 59.1 Å². The average Bonchev–Trinajstić information content (AvgIpc) is 3.32. The van der Waals surface area contributed by atoms with Gasteiger partial charge in [-0.3, -0.25) is 0 Å². The van der Waals surface area contributed by atoms with Crippen molar-refractivity contribution in [3.63, 3.8) is 0 Å². The van der Waals surface area contributed by atoms with Gasteiger partial charge in [-0.2, -0.15) is 0 Å². The minimum atomic E-state index is -1.27. The first-order valence-electron chi connectivity index (χ1n) is 11.1. The van der Waals surface area contributed by atoms with E-state index in [1.54, 1.807) is 46.8 Å². The van der Waals surface area contributed by atoms with Crippen LogP contribution in [0.2, 0.25) is 0 Å². The van der Waals surface area contributed by atoms with Gasteiger partial charge in [0.05, 0.1) is 11.8 Å². The van der Waals surface area contributed by atoms with Gasteiger partial charge in [0.25, 0.3) is 0 Å². The van der Waals surface area contributed by atoms with E-state index in [0.717, 1.165) is 0 Å². The molecule has 0 radical (unpaired) electrons. The van der Waals surface area contributed by atoms with Crippen molar-refractivity contribution in [3.05, 3.63) is 46.6 Å². The first-order valence-corrected chi connectivity index (χ1v) is 11.1. The number of carbonyl (C=O) groups excluding carboxylic acids is 3. The van der Waals surface area contributed by atoms with Crippen LogP contribution in [0.4, 0.5) is 0 Å². The van der Waals surface area contributed by atoms with E-state index in [1.165, 1.54) is 0 Å². The second-order valence-corrected chi connectivity index (χ2v) is 9.35. The second-order valence-electron chi connectivity index (χ2n) is 9.35. The summed E-state index contributed by atoms with van der Waals surface area (Å²) < 4.78 is 23.2. The monoisotopic (exact) mass is 458 g/mol.